The minimum Gasteiger partial charge on any atom is -0.399 e. The van der Waals surface area contributed by atoms with Crippen LogP contribution in [0.4, 0.5) is 11.4 Å². The molecule has 0 bridgehead atoms. The number of likely N-dealkylation sites (N-methyl/N-ethyl adjacent to an activating group) is 1. The van der Waals surface area contributed by atoms with E-state index in [0.29, 0.717) is 6.04 Å². The summed E-state index contributed by atoms with van der Waals surface area (Å²) >= 11 is 0. The molecule has 94 valence electrons. The van der Waals surface area contributed by atoms with Crippen LogP contribution in [0, 0.1) is 0 Å². The third-order valence-corrected chi connectivity index (χ3v) is 3.34. The molecular weight excluding hydrogens is 214 g/mol. The van der Waals surface area contributed by atoms with E-state index >= 15 is 0 Å². The van der Waals surface area contributed by atoms with Gasteiger partial charge in [-0.25, -0.2) is 0 Å². The van der Waals surface area contributed by atoms with E-state index in [2.05, 4.69) is 17.1 Å². The van der Waals surface area contributed by atoms with Gasteiger partial charge in [0.15, 0.2) is 0 Å². The highest BCUT2D eigenvalue weighted by atomic mass is 16.3. The predicted molar refractivity (Wildman–Crippen MR) is 71.2 cm³/mol. The fourth-order valence-electron chi connectivity index (χ4n) is 2.51. The number of hydrogen-bond acceptors (Lipinski definition) is 4. The van der Waals surface area contributed by atoms with Crippen molar-refractivity contribution in [2.45, 2.75) is 25.4 Å². The van der Waals surface area contributed by atoms with Gasteiger partial charge in [-0.3, -0.25) is 0 Å². The molecule has 2 rings (SSSR count). The Balaban J connectivity index is 2.11. The van der Waals surface area contributed by atoms with E-state index in [-0.39, 0.29) is 12.6 Å². The van der Waals surface area contributed by atoms with Gasteiger partial charge in [0.2, 0.25) is 0 Å². The zero-order valence-corrected chi connectivity index (χ0v) is 10.3. The standard InChI is InChI=1S/C13H21N3O/c1-2-15-11-7-13(9-17)16(8-11)12-5-3-10(14)4-6-12/h3-6,11,13,15,17H,2,7-9,14H2,1H3. The summed E-state index contributed by atoms with van der Waals surface area (Å²) in [6.07, 6.45) is 0.995. The molecule has 2 unspecified atom stereocenters. The van der Waals surface area contributed by atoms with Crippen molar-refractivity contribution in [2.24, 2.45) is 0 Å². The maximum Gasteiger partial charge on any atom is 0.0635 e. The number of aliphatic hydroxyl groups excluding tert-OH is 1. The van der Waals surface area contributed by atoms with Gasteiger partial charge in [0, 0.05) is 24.0 Å². The second-order valence-electron chi connectivity index (χ2n) is 4.57. The Labute approximate surface area is 102 Å². The van der Waals surface area contributed by atoms with Gasteiger partial charge >= 0.3 is 0 Å². The monoisotopic (exact) mass is 235 g/mol. The van der Waals surface area contributed by atoms with E-state index in [1.807, 2.05) is 24.3 Å². The van der Waals surface area contributed by atoms with Crippen LogP contribution in [-0.2, 0) is 0 Å². The highest BCUT2D eigenvalue weighted by Gasteiger charge is 2.30. The maximum absolute atomic E-state index is 9.44. The third kappa shape index (κ3) is 2.70. The van der Waals surface area contributed by atoms with Gasteiger partial charge in [-0.1, -0.05) is 6.92 Å². The molecule has 2 atom stereocenters. The van der Waals surface area contributed by atoms with Crippen molar-refractivity contribution in [1.29, 1.82) is 0 Å². The van der Waals surface area contributed by atoms with Crippen molar-refractivity contribution in [3.63, 3.8) is 0 Å². The summed E-state index contributed by atoms with van der Waals surface area (Å²) in [5, 5.41) is 12.9. The zero-order valence-electron chi connectivity index (χ0n) is 10.3. The number of hydrogen-bond donors (Lipinski definition) is 3. The molecule has 1 aromatic carbocycles. The first kappa shape index (κ1) is 12.2. The Kier molecular flexibility index (Phi) is 3.86. The molecule has 0 aliphatic carbocycles. The first-order valence-electron chi connectivity index (χ1n) is 6.21. The van der Waals surface area contributed by atoms with Crippen LogP contribution in [0.3, 0.4) is 0 Å². The Morgan fingerprint density at radius 1 is 1.41 bits per heavy atom. The Morgan fingerprint density at radius 2 is 2.12 bits per heavy atom. The summed E-state index contributed by atoms with van der Waals surface area (Å²) in [6, 6.07) is 8.53. The van der Waals surface area contributed by atoms with E-state index in [1.165, 1.54) is 0 Å². The highest BCUT2D eigenvalue weighted by Crippen LogP contribution is 2.26. The average Bonchev–Trinajstić information content (AvgIpc) is 2.74. The van der Waals surface area contributed by atoms with Crippen molar-refractivity contribution in [2.75, 3.05) is 30.3 Å². The molecule has 4 nitrogen and oxygen atoms in total. The summed E-state index contributed by atoms with van der Waals surface area (Å²) in [6.45, 7) is 4.23. The van der Waals surface area contributed by atoms with E-state index in [9.17, 15) is 5.11 Å². The zero-order chi connectivity index (χ0) is 12.3. The first-order valence-corrected chi connectivity index (χ1v) is 6.21. The van der Waals surface area contributed by atoms with Crippen LogP contribution in [0.1, 0.15) is 13.3 Å². The van der Waals surface area contributed by atoms with Gasteiger partial charge < -0.3 is 21.1 Å². The molecule has 0 saturated carbocycles. The molecule has 1 saturated heterocycles. The molecule has 1 fully saturated rings. The second-order valence-corrected chi connectivity index (χ2v) is 4.57. The average molecular weight is 235 g/mol. The normalized spacial score (nSPS) is 24.2. The lowest BCUT2D eigenvalue weighted by Gasteiger charge is -2.25. The molecule has 4 heteroatoms. The molecule has 1 aliphatic heterocycles. The topological polar surface area (TPSA) is 61.5 Å². The number of benzene rings is 1. The number of nitrogens with two attached hydrogens (primary N) is 1. The number of aliphatic hydroxyl groups is 1. The van der Waals surface area contributed by atoms with E-state index < -0.39 is 0 Å². The number of nitrogens with one attached hydrogen (secondary N) is 1. The number of nitrogen functional groups attached to an aromatic ring is 1. The molecule has 1 heterocycles. The van der Waals surface area contributed by atoms with E-state index in [1.54, 1.807) is 0 Å². The maximum atomic E-state index is 9.44. The number of nitrogens with zero attached hydrogens (tertiary/aromatic N) is 1. The quantitative estimate of drug-likeness (QED) is 0.676. The molecule has 0 radical (unpaired) electrons. The minimum atomic E-state index is 0.201. The van der Waals surface area contributed by atoms with Crippen molar-refractivity contribution >= 4 is 11.4 Å². The molecule has 17 heavy (non-hydrogen) atoms. The SMILES string of the molecule is CCNC1CC(CO)N(c2ccc(N)cc2)C1. The number of rotatable bonds is 4. The molecular formula is C13H21N3O. The van der Waals surface area contributed by atoms with E-state index in [0.717, 1.165) is 30.9 Å². The van der Waals surface area contributed by atoms with Gasteiger partial charge in [-0.05, 0) is 37.2 Å². The molecule has 0 aromatic heterocycles. The fraction of sp³-hybridized carbons (Fsp3) is 0.538. The van der Waals surface area contributed by atoms with Crippen molar-refractivity contribution in [3.8, 4) is 0 Å². The summed E-state index contributed by atoms with van der Waals surface area (Å²) in [4.78, 5) is 2.26. The van der Waals surface area contributed by atoms with Crippen molar-refractivity contribution < 1.29 is 5.11 Å². The van der Waals surface area contributed by atoms with Gasteiger partial charge in [-0.15, -0.1) is 0 Å². The lowest BCUT2D eigenvalue weighted by molar-refractivity contribution is 0.264. The fourth-order valence-corrected chi connectivity index (χ4v) is 2.51. The summed E-state index contributed by atoms with van der Waals surface area (Å²) in [5.74, 6) is 0. The van der Waals surface area contributed by atoms with Crippen LogP contribution >= 0.6 is 0 Å². The van der Waals surface area contributed by atoms with Crippen LogP contribution < -0.4 is 16.0 Å². The second kappa shape index (κ2) is 5.38. The summed E-state index contributed by atoms with van der Waals surface area (Å²) < 4.78 is 0. The van der Waals surface area contributed by atoms with Crippen LogP contribution in [0.25, 0.3) is 0 Å². The Morgan fingerprint density at radius 3 is 2.71 bits per heavy atom. The van der Waals surface area contributed by atoms with Gasteiger partial charge in [-0.2, -0.15) is 0 Å². The van der Waals surface area contributed by atoms with Gasteiger partial charge in [0.1, 0.15) is 0 Å². The molecule has 1 aromatic rings. The summed E-state index contributed by atoms with van der Waals surface area (Å²) in [7, 11) is 0. The molecule has 0 amide bonds. The van der Waals surface area contributed by atoms with Crippen LogP contribution in [0.15, 0.2) is 24.3 Å². The summed E-state index contributed by atoms with van der Waals surface area (Å²) in [5.41, 5.74) is 7.60. The lowest BCUT2D eigenvalue weighted by atomic mass is 10.2. The Hall–Kier alpha value is -1.26. The van der Waals surface area contributed by atoms with Crippen LogP contribution in [0.5, 0.6) is 0 Å². The molecule has 1 aliphatic rings. The van der Waals surface area contributed by atoms with Crippen molar-refractivity contribution in [3.05, 3.63) is 24.3 Å². The van der Waals surface area contributed by atoms with Gasteiger partial charge in [0.05, 0.1) is 12.6 Å². The number of anilines is 2. The minimum absolute atomic E-state index is 0.201. The Bertz CT molecular complexity index is 352. The molecule has 0 spiro atoms. The first-order chi connectivity index (χ1) is 8.24. The van der Waals surface area contributed by atoms with Crippen molar-refractivity contribution in [1.82, 2.24) is 5.32 Å². The van der Waals surface area contributed by atoms with Crippen LogP contribution in [0.2, 0.25) is 0 Å². The lowest BCUT2D eigenvalue weighted by Crippen LogP contribution is -2.34. The smallest absolute Gasteiger partial charge is 0.0635 e. The third-order valence-electron chi connectivity index (χ3n) is 3.34. The largest absolute Gasteiger partial charge is 0.399 e. The van der Waals surface area contributed by atoms with E-state index in [4.69, 9.17) is 5.73 Å². The van der Waals surface area contributed by atoms with Gasteiger partial charge in [0.25, 0.3) is 0 Å². The highest BCUT2D eigenvalue weighted by molar-refractivity contribution is 5.54. The predicted octanol–water partition coefficient (Wildman–Crippen LogP) is 0.818. The van der Waals surface area contributed by atoms with Crippen LogP contribution in [-0.4, -0.2) is 36.9 Å². The molecule has 4 N–H and O–H groups in total.